The summed E-state index contributed by atoms with van der Waals surface area (Å²) in [5, 5.41) is 11.1. The van der Waals surface area contributed by atoms with Gasteiger partial charge in [-0.3, -0.25) is 9.59 Å². The summed E-state index contributed by atoms with van der Waals surface area (Å²) in [6, 6.07) is -0.716. The van der Waals surface area contributed by atoms with Gasteiger partial charge in [0, 0.05) is 13.5 Å². The molecule has 0 fully saturated rings. The molecule has 0 heterocycles. The maximum Gasteiger partial charge on any atom is 0.320 e. The molecule has 114 valence electrons. The molecule has 0 saturated carbocycles. The van der Waals surface area contributed by atoms with Crippen LogP contribution in [0.2, 0.25) is 0 Å². The minimum atomic E-state index is -0.933. The van der Waals surface area contributed by atoms with Gasteiger partial charge in [0.2, 0.25) is 5.91 Å². The van der Waals surface area contributed by atoms with Gasteiger partial charge in [-0.15, -0.1) is 0 Å². The van der Waals surface area contributed by atoms with Gasteiger partial charge in [0.15, 0.2) is 0 Å². The van der Waals surface area contributed by atoms with E-state index in [0.717, 1.165) is 25.8 Å². The second kappa shape index (κ2) is 14.9. The number of unbranched alkanes of at least 4 members (excludes halogenated alkanes) is 3. The number of carboxylic acids is 1. The summed E-state index contributed by atoms with van der Waals surface area (Å²) in [5.74, 6) is -0.858. The highest BCUT2D eigenvalue weighted by Crippen LogP contribution is 1.97. The molecule has 0 radical (unpaired) electrons. The minimum Gasteiger partial charge on any atom is -0.480 e. The van der Waals surface area contributed by atoms with Gasteiger partial charge in [-0.1, -0.05) is 26.2 Å². The number of hydrogen-bond acceptors (Lipinski definition) is 4. The third kappa shape index (κ3) is 19.4. The molecule has 1 unspecified atom stereocenters. The molecule has 6 heteroatoms. The van der Waals surface area contributed by atoms with E-state index < -0.39 is 12.0 Å². The Kier molecular flexibility index (Phi) is 15.8. The van der Waals surface area contributed by atoms with Gasteiger partial charge in [0.05, 0.1) is 0 Å². The van der Waals surface area contributed by atoms with Crippen molar-refractivity contribution >= 4 is 11.9 Å². The predicted octanol–water partition coefficient (Wildman–Crippen LogP) is 0.840. The number of aliphatic carboxylic acids is 1. The normalized spacial score (nSPS) is 11.2. The molecule has 0 aliphatic carbocycles. The molecule has 0 spiro atoms. The summed E-state index contributed by atoms with van der Waals surface area (Å²) in [6.45, 7) is 5.13. The number of rotatable bonds is 9. The Bertz CT molecular complexity index is 235. The van der Waals surface area contributed by atoms with Crippen LogP contribution in [0.15, 0.2) is 0 Å². The zero-order valence-corrected chi connectivity index (χ0v) is 12.2. The molecule has 1 atom stereocenters. The molecule has 0 aromatic heterocycles. The maximum atomic E-state index is 10.3. The molecule has 6 N–H and O–H groups in total. The van der Waals surface area contributed by atoms with Crippen LogP contribution in [-0.2, 0) is 9.59 Å². The van der Waals surface area contributed by atoms with E-state index in [4.69, 9.17) is 16.6 Å². The van der Waals surface area contributed by atoms with Crippen molar-refractivity contribution in [1.82, 2.24) is 5.32 Å². The minimum absolute atomic E-state index is 0.0751. The summed E-state index contributed by atoms with van der Waals surface area (Å²) in [5.41, 5.74) is 10.4. The smallest absolute Gasteiger partial charge is 0.320 e. The zero-order chi connectivity index (χ0) is 15.1. The van der Waals surface area contributed by atoms with E-state index in [0.29, 0.717) is 13.0 Å². The fourth-order valence-electron chi connectivity index (χ4n) is 1.27. The highest BCUT2D eigenvalue weighted by Gasteiger charge is 2.09. The van der Waals surface area contributed by atoms with Crippen molar-refractivity contribution in [3.8, 4) is 0 Å². The molecule has 0 bridgehead atoms. The first-order valence-corrected chi connectivity index (χ1v) is 6.88. The Balaban J connectivity index is 0. The first-order chi connectivity index (χ1) is 8.95. The first kappa shape index (κ1) is 20.2. The lowest BCUT2D eigenvalue weighted by atomic mass is 10.1. The molecule has 6 nitrogen and oxygen atoms in total. The number of amides is 1. The molecule has 1 amide bonds. The Labute approximate surface area is 115 Å². The quantitative estimate of drug-likeness (QED) is 0.465. The van der Waals surface area contributed by atoms with E-state index in [-0.39, 0.29) is 5.91 Å². The van der Waals surface area contributed by atoms with Crippen molar-refractivity contribution < 1.29 is 14.7 Å². The third-order valence-electron chi connectivity index (χ3n) is 2.44. The topological polar surface area (TPSA) is 118 Å². The van der Waals surface area contributed by atoms with E-state index >= 15 is 0 Å². The van der Waals surface area contributed by atoms with Crippen LogP contribution in [-0.4, -0.2) is 36.1 Å². The Morgan fingerprint density at radius 3 is 2.26 bits per heavy atom. The monoisotopic (exact) mass is 275 g/mol. The Morgan fingerprint density at radius 2 is 1.84 bits per heavy atom. The van der Waals surface area contributed by atoms with Crippen LogP contribution >= 0.6 is 0 Å². The van der Waals surface area contributed by atoms with Crippen LogP contribution in [0.1, 0.15) is 52.4 Å². The molecule has 0 saturated heterocycles. The van der Waals surface area contributed by atoms with Gasteiger partial charge in [-0.05, 0) is 25.8 Å². The molecule has 0 rings (SSSR count). The number of carbonyl (C=O) groups is 2. The fraction of sp³-hybridized carbons (Fsp3) is 0.846. The molecular weight excluding hydrogens is 246 g/mol. The third-order valence-corrected chi connectivity index (χ3v) is 2.44. The van der Waals surface area contributed by atoms with Crippen LogP contribution in [0, 0.1) is 0 Å². The first-order valence-electron chi connectivity index (χ1n) is 6.88. The summed E-state index contributed by atoms with van der Waals surface area (Å²) in [6.07, 6.45) is 5.69. The standard InChI is InChI=1S/C7H15NO.C6H14N2O2/c1-3-4-5-6-8-7(2)9;7-4-2-1-3-5(8)6(9)10/h3-6H2,1-2H3,(H,8,9);5H,1-4,7-8H2,(H,9,10). The highest BCUT2D eigenvalue weighted by molar-refractivity contribution is 5.73. The second-order valence-corrected chi connectivity index (χ2v) is 4.42. The van der Waals surface area contributed by atoms with E-state index in [2.05, 4.69) is 12.2 Å². The van der Waals surface area contributed by atoms with E-state index in [1.807, 2.05) is 0 Å². The lowest BCUT2D eigenvalue weighted by molar-refractivity contribution is -0.138. The van der Waals surface area contributed by atoms with Gasteiger partial charge in [-0.25, -0.2) is 0 Å². The van der Waals surface area contributed by atoms with Crippen molar-refractivity contribution in [2.24, 2.45) is 11.5 Å². The van der Waals surface area contributed by atoms with Crippen molar-refractivity contribution in [2.45, 2.75) is 58.4 Å². The predicted molar refractivity (Wildman–Crippen MR) is 76.7 cm³/mol. The average molecular weight is 275 g/mol. The zero-order valence-electron chi connectivity index (χ0n) is 12.2. The SMILES string of the molecule is CCCCCNC(C)=O.NCCCCC(N)C(=O)O. The number of carboxylic acid groups (broad SMARTS) is 1. The number of nitrogens with two attached hydrogens (primary N) is 2. The van der Waals surface area contributed by atoms with Crippen LogP contribution in [0.25, 0.3) is 0 Å². The van der Waals surface area contributed by atoms with Crippen molar-refractivity contribution in [3.63, 3.8) is 0 Å². The molecule has 0 aliphatic heterocycles. The van der Waals surface area contributed by atoms with Crippen LogP contribution < -0.4 is 16.8 Å². The van der Waals surface area contributed by atoms with E-state index in [9.17, 15) is 9.59 Å². The lowest BCUT2D eigenvalue weighted by Crippen LogP contribution is -2.29. The average Bonchev–Trinajstić information content (AvgIpc) is 2.35. The summed E-state index contributed by atoms with van der Waals surface area (Å²) in [7, 11) is 0. The van der Waals surface area contributed by atoms with Gasteiger partial charge >= 0.3 is 5.97 Å². The highest BCUT2D eigenvalue weighted by atomic mass is 16.4. The maximum absolute atomic E-state index is 10.3. The summed E-state index contributed by atoms with van der Waals surface area (Å²) < 4.78 is 0. The molecular formula is C13H29N3O3. The molecule has 0 aliphatic rings. The summed E-state index contributed by atoms with van der Waals surface area (Å²) in [4.78, 5) is 20.4. The van der Waals surface area contributed by atoms with Crippen LogP contribution in [0.5, 0.6) is 0 Å². The van der Waals surface area contributed by atoms with Crippen molar-refractivity contribution in [1.29, 1.82) is 0 Å². The number of nitrogens with one attached hydrogen (secondary N) is 1. The van der Waals surface area contributed by atoms with Crippen molar-refractivity contribution in [3.05, 3.63) is 0 Å². The Hall–Kier alpha value is -1.14. The van der Waals surface area contributed by atoms with E-state index in [1.54, 1.807) is 6.92 Å². The van der Waals surface area contributed by atoms with Gasteiger partial charge in [0.25, 0.3) is 0 Å². The van der Waals surface area contributed by atoms with Gasteiger partial charge in [-0.2, -0.15) is 0 Å². The number of hydrogen-bond donors (Lipinski definition) is 4. The second-order valence-electron chi connectivity index (χ2n) is 4.42. The largest absolute Gasteiger partial charge is 0.480 e. The molecule has 0 aromatic rings. The van der Waals surface area contributed by atoms with Gasteiger partial charge < -0.3 is 21.9 Å². The molecule has 19 heavy (non-hydrogen) atoms. The fourth-order valence-corrected chi connectivity index (χ4v) is 1.27. The Morgan fingerprint density at radius 1 is 1.21 bits per heavy atom. The number of carbonyl (C=O) groups excluding carboxylic acids is 1. The van der Waals surface area contributed by atoms with Crippen molar-refractivity contribution in [2.75, 3.05) is 13.1 Å². The van der Waals surface area contributed by atoms with Gasteiger partial charge in [0.1, 0.15) is 6.04 Å². The van der Waals surface area contributed by atoms with Crippen LogP contribution in [0.4, 0.5) is 0 Å². The lowest BCUT2D eigenvalue weighted by Gasteiger charge is -2.03. The summed E-state index contributed by atoms with van der Waals surface area (Å²) >= 11 is 0. The molecule has 0 aromatic carbocycles. The van der Waals surface area contributed by atoms with E-state index in [1.165, 1.54) is 12.8 Å². The van der Waals surface area contributed by atoms with Crippen LogP contribution in [0.3, 0.4) is 0 Å².